The van der Waals surface area contributed by atoms with E-state index in [-0.39, 0.29) is 24.5 Å². The van der Waals surface area contributed by atoms with Gasteiger partial charge in [-0.3, -0.25) is 9.69 Å². The van der Waals surface area contributed by atoms with E-state index >= 15 is 0 Å². The molecule has 0 bridgehead atoms. The van der Waals surface area contributed by atoms with Gasteiger partial charge in [-0.2, -0.15) is 0 Å². The number of carbonyl (C=O) groups is 2. The summed E-state index contributed by atoms with van der Waals surface area (Å²) < 4.78 is 5.36. The van der Waals surface area contributed by atoms with Crippen molar-refractivity contribution in [2.24, 2.45) is 5.92 Å². The third-order valence-corrected chi connectivity index (χ3v) is 3.54. The highest BCUT2D eigenvalue weighted by molar-refractivity contribution is 5.83. The Balaban J connectivity index is 2.31. The predicted octanol–water partition coefficient (Wildman–Crippen LogP) is -0.221. The topological polar surface area (TPSA) is 82.7 Å². The maximum Gasteiger partial charge on any atom is 0.315 e. The van der Waals surface area contributed by atoms with Gasteiger partial charge in [0.25, 0.3) is 0 Å². The molecule has 1 rings (SSSR count). The highest BCUT2D eigenvalue weighted by Gasteiger charge is 2.24. The summed E-state index contributed by atoms with van der Waals surface area (Å²) >= 11 is 0. The van der Waals surface area contributed by atoms with Crippen molar-refractivity contribution in [2.75, 3.05) is 45.9 Å². The zero-order valence-corrected chi connectivity index (χ0v) is 13.3. The first-order chi connectivity index (χ1) is 10.0. The molecule has 1 atom stereocenters. The Kier molecular flexibility index (Phi) is 8.07. The van der Waals surface area contributed by atoms with Crippen LogP contribution < -0.4 is 16.0 Å². The molecule has 0 aromatic rings. The molecule has 1 aliphatic heterocycles. The van der Waals surface area contributed by atoms with Gasteiger partial charge in [0.05, 0.1) is 19.8 Å². The number of morpholine rings is 1. The number of urea groups is 1. The maximum absolute atomic E-state index is 11.7. The lowest BCUT2D eigenvalue weighted by Crippen LogP contribution is -2.52. The van der Waals surface area contributed by atoms with Gasteiger partial charge in [-0.05, 0) is 12.8 Å². The van der Waals surface area contributed by atoms with E-state index in [0.717, 1.165) is 26.3 Å². The molecule has 0 aromatic heterocycles. The number of nitrogens with zero attached hydrogens (tertiary/aromatic N) is 1. The van der Waals surface area contributed by atoms with Crippen LogP contribution in [0.1, 0.15) is 20.8 Å². The summed E-state index contributed by atoms with van der Waals surface area (Å²) in [6.45, 7) is 10.5. The quantitative estimate of drug-likeness (QED) is 0.607. The van der Waals surface area contributed by atoms with Gasteiger partial charge >= 0.3 is 6.03 Å². The largest absolute Gasteiger partial charge is 0.379 e. The van der Waals surface area contributed by atoms with E-state index in [1.807, 2.05) is 6.92 Å². The fourth-order valence-corrected chi connectivity index (χ4v) is 2.38. The van der Waals surface area contributed by atoms with E-state index in [1.165, 1.54) is 0 Å². The zero-order chi connectivity index (χ0) is 15.7. The van der Waals surface area contributed by atoms with E-state index in [2.05, 4.69) is 34.7 Å². The van der Waals surface area contributed by atoms with Crippen molar-refractivity contribution in [1.29, 1.82) is 0 Å². The zero-order valence-electron chi connectivity index (χ0n) is 13.3. The Morgan fingerprint density at radius 1 is 1.14 bits per heavy atom. The van der Waals surface area contributed by atoms with Crippen molar-refractivity contribution >= 4 is 11.9 Å². The lowest BCUT2D eigenvalue weighted by atomic mass is 10.0. The number of hydrogen-bond acceptors (Lipinski definition) is 4. The molecule has 122 valence electrons. The molecular formula is C14H28N4O3. The standard InChI is InChI=1S/C14H28N4O3/c1-4-15-13(19)10-17-14(20)16-9-12(11(2)3)18-5-7-21-8-6-18/h11-12H,4-10H2,1-3H3,(H,15,19)(H2,16,17,20). The molecule has 0 saturated carbocycles. The first-order valence-corrected chi connectivity index (χ1v) is 7.64. The van der Waals surface area contributed by atoms with Crippen LogP contribution in [0.3, 0.4) is 0 Å². The Bertz CT molecular complexity index is 330. The molecule has 7 heteroatoms. The normalized spacial score (nSPS) is 17.3. The monoisotopic (exact) mass is 300 g/mol. The van der Waals surface area contributed by atoms with Gasteiger partial charge in [-0.1, -0.05) is 13.8 Å². The molecule has 0 aliphatic carbocycles. The van der Waals surface area contributed by atoms with Crippen LogP contribution in [-0.2, 0) is 9.53 Å². The molecule has 7 nitrogen and oxygen atoms in total. The van der Waals surface area contributed by atoms with Gasteiger partial charge in [-0.15, -0.1) is 0 Å². The van der Waals surface area contributed by atoms with Crippen molar-refractivity contribution < 1.29 is 14.3 Å². The first-order valence-electron chi connectivity index (χ1n) is 7.64. The number of ether oxygens (including phenoxy) is 1. The lowest BCUT2D eigenvalue weighted by molar-refractivity contribution is -0.119. The van der Waals surface area contributed by atoms with E-state index in [4.69, 9.17) is 4.74 Å². The SMILES string of the molecule is CCNC(=O)CNC(=O)NCC(C(C)C)N1CCOCC1. The number of carbonyl (C=O) groups excluding carboxylic acids is 2. The van der Waals surface area contributed by atoms with E-state index < -0.39 is 0 Å². The number of amides is 3. The molecule has 1 aliphatic rings. The molecule has 1 saturated heterocycles. The van der Waals surface area contributed by atoms with E-state index in [0.29, 0.717) is 19.0 Å². The lowest BCUT2D eigenvalue weighted by Gasteiger charge is -2.36. The summed E-state index contributed by atoms with van der Waals surface area (Å²) in [5.41, 5.74) is 0. The molecule has 0 aromatic carbocycles. The van der Waals surface area contributed by atoms with Gasteiger partial charge in [0, 0.05) is 32.2 Å². The molecule has 0 spiro atoms. The smallest absolute Gasteiger partial charge is 0.315 e. The van der Waals surface area contributed by atoms with Crippen molar-refractivity contribution in [1.82, 2.24) is 20.9 Å². The first kappa shape index (κ1) is 17.7. The van der Waals surface area contributed by atoms with Crippen LogP contribution in [-0.4, -0.2) is 68.8 Å². The van der Waals surface area contributed by atoms with Crippen molar-refractivity contribution in [3.63, 3.8) is 0 Å². The molecule has 0 radical (unpaired) electrons. The average molecular weight is 300 g/mol. The highest BCUT2D eigenvalue weighted by atomic mass is 16.5. The molecule has 21 heavy (non-hydrogen) atoms. The minimum atomic E-state index is -0.305. The Morgan fingerprint density at radius 3 is 2.38 bits per heavy atom. The Labute approximate surface area is 126 Å². The summed E-state index contributed by atoms with van der Waals surface area (Å²) in [6.07, 6.45) is 0. The molecular weight excluding hydrogens is 272 g/mol. The molecule has 3 N–H and O–H groups in total. The van der Waals surface area contributed by atoms with Crippen LogP contribution in [0.25, 0.3) is 0 Å². The summed E-state index contributed by atoms with van der Waals surface area (Å²) in [6, 6.07) is -0.0238. The second-order valence-electron chi connectivity index (χ2n) is 5.48. The maximum atomic E-state index is 11.7. The van der Waals surface area contributed by atoms with Crippen LogP contribution in [0.15, 0.2) is 0 Å². The average Bonchev–Trinajstić information content (AvgIpc) is 2.46. The van der Waals surface area contributed by atoms with Gasteiger partial charge in [0.15, 0.2) is 0 Å². The summed E-state index contributed by atoms with van der Waals surface area (Å²) in [7, 11) is 0. The van der Waals surface area contributed by atoms with Gasteiger partial charge in [-0.25, -0.2) is 4.79 Å². The minimum Gasteiger partial charge on any atom is -0.379 e. The number of likely N-dealkylation sites (N-methyl/N-ethyl adjacent to an activating group) is 1. The van der Waals surface area contributed by atoms with Crippen molar-refractivity contribution in [3.05, 3.63) is 0 Å². The second-order valence-corrected chi connectivity index (χ2v) is 5.48. The van der Waals surface area contributed by atoms with Crippen LogP contribution in [0.5, 0.6) is 0 Å². The summed E-state index contributed by atoms with van der Waals surface area (Å²) in [5, 5.41) is 8.04. The molecule has 1 fully saturated rings. The minimum absolute atomic E-state index is 0.00354. The number of rotatable bonds is 7. The summed E-state index contributed by atoms with van der Waals surface area (Å²) in [5.74, 6) is 0.257. The van der Waals surface area contributed by atoms with Gasteiger partial charge in [0.1, 0.15) is 0 Å². The van der Waals surface area contributed by atoms with Gasteiger partial charge in [0.2, 0.25) is 5.91 Å². The Morgan fingerprint density at radius 2 is 1.81 bits per heavy atom. The van der Waals surface area contributed by atoms with Crippen LogP contribution >= 0.6 is 0 Å². The third-order valence-electron chi connectivity index (χ3n) is 3.54. The molecule has 1 heterocycles. The third kappa shape index (κ3) is 6.77. The fraction of sp³-hybridized carbons (Fsp3) is 0.857. The van der Waals surface area contributed by atoms with E-state index in [1.54, 1.807) is 0 Å². The fourth-order valence-electron chi connectivity index (χ4n) is 2.38. The highest BCUT2D eigenvalue weighted by Crippen LogP contribution is 2.12. The van der Waals surface area contributed by atoms with Gasteiger partial charge < -0.3 is 20.7 Å². The molecule has 3 amide bonds. The second kappa shape index (κ2) is 9.57. The Hall–Kier alpha value is -1.34. The number of nitrogens with one attached hydrogen (secondary N) is 3. The predicted molar refractivity (Wildman–Crippen MR) is 81.1 cm³/mol. The van der Waals surface area contributed by atoms with Crippen molar-refractivity contribution in [2.45, 2.75) is 26.8 Å². The van der Waals surface area contributed by atoms with E-state index in [9.17, 15) is 9.59 Å². The van der Waals surface area contributed by atoms with Crippen molar-refractivity contribution in [3.8, 4) is 0 Å². The van der Waals surface area contributed by atoms with Crippen LogP contribution in [0.2, 0.25) is 0 Å². The number of hydrogen-bond donors (Lipinski definition) is 3. The summed E-state index contributed by atoms with van der Waals surface area (Å²) in [4.78, 5) is 25.3. The molecule has 1 unspecified atom stereocenters. The van der Waals surface area contributed by atoms with Crippen LogP contribution in [0.4, 0.5) is 4.79 Å². The van der Waals surface area contributed by atoms with Crippen LogP contribution in [0, 0.1) is 5.92 Å².